The lowest BCUT2D eigenvalue weighted by atomic mass is 10.0. The molecule has 2 unspecified atom stereocenters. The molecular weight excluding hydrogens is 238 g/mol. The number of likely N-dealkylation sites (N-methyl/N-ethyl adjacent to an activating group) is 1. The summed E-state index contributed by atoms with van der Waals surface area (Å²) in [5.41, 5.74) is 0. The molecular formula is C12H21NO3S. The predicted octanol–water partition coefficient (Wildman–Crippen LogP) is 1.01. The maximum atomic E-state index is 12.0. The van der Waals surface area contributed by atoms with Gasteiger partial charge in [-0.05, 0) is 26.3 Å². The summed E-state index contributed by atoms with van der Waals surface area (Å²) < 4.78 is 22.9. The highest BCUT2D eigenvalue weighted by Gasteiger charge is 2.35. The van der Waals surface area contributed by atoms with Gasteiger partial charge in [-0.25, -0.2) is 8.42 Å². The smallest absolute Gasteiger partial charge is 0.151 e. The minimum atomic E-state index is -2.86. The predicted molar refractivity (Wildman–Crippen MR) is 66.7 cm³/mol. The lowest BCUT2D eigenvalue weighted by molar-refractivity contribution is -0.124. The molecule has 98 valence electrons. The topological polar surface area (TPSA) is 54.5 Å². The Hall–Kier alpha value is -0.420. The van der Waals surface area contributed by atoms with E-state index in [1.165, 1.54) is 0 Å². The number of rotatable bonds is 2. The van der Waals surface area contributed by atoms with Crippen LogP contribution in [-0.4, -0.2) is 49.7 Å². The van der Waals surface area contributed by atoms with Gasteiger partial charge >= 0.3 is 0 Å². The molecule has 1 saturated heterocycles. The second-order valence-electron chi connectivity index (χ2n) is 5.30. The largest absolute Gasteiger partial charge is 0.298 e. The van der Waals surface area contributed by atoms with Crippen molar-refractivity contribution in [1.82, 2.24) is 4.90 Å². The monoisotopic (exact) mass is 259 g/mol. The van der Waals surface area contributed by atoms with Gasteiger partial charge in [0.25, 0.3) is 0 Å². The third kappa shape index (κ3) is 3.07. The van der Waals surface area contributed by atoms with Crippen molar-refractivity contribution >= 4 is 15.6 Å². The Balaban J connectivity index is 2.03. The fourth-order valence-electron chi connectivity index (χ4n) is 2.92. The molecule has 1 heterocycles. The summed E-state index contributed by atoms with van der Waals surface area (Å²) in [7, 11) is -0.943. The zero-order chi connectivity index (χ0) is 12.5. The molecule has 0 aromatic rings. The Morgan fingerprint density at radius 1 is 1.18 bits per heavy atom. The number of hydrogen-bond donors (Lipinski definition) is 0. The molecule has 0 radical (unpaired) electrons. The normalized spacial score (nSPS) is 33.9. The molecule has 0 N–H and O–H groups in total. The van der Waals surface area contributed by atoms with Crippen molar-refractivity contribution < 1.29 is 13.2 Å². The van der Waals surface area contributed by atoms with Crippen molar-refractivity contribution in [1.29, 1.82) is 0 Å². The van der Waals surface area contributed by atoms with Crippen LogP contribution in [0, 0.1) is 0 Å². The standard InChI is InChI=1S/C12H21NO3S/c1-13(10-7-8-17(15,16)9-10)11-5-3-2-4-6-12(11)14/h10-11H,2-9H2,1H3. The fourth-order valence-corrected chi connectivity index (χ4v) is 4.71. The van der Waals surface area contributed by atoms with Crippen LogP contribution in [0.3, 0.4) is 0 Å². The van der Waals surface area contributed by atoms with Gasteiger partial charge in [0.15, 0.2) is 9.84 Å². The molecule has 0 spiro atoms. The summed E-state index contributed by atoms with van der Waals surface area (Å²) >= 11 is 0. The first-order valence-corrected chi connectivity index (χ1v) is 8.27. The second kappa shape index (κ2) is 5.06. The van der Waals surface area contributed by atoms with Crippen LogP contribution in [0.2, 0.25) is 0 Å². The van der Waals surface area contributed by atoms with Gasteiger partial charge in [0.2, 0.25) is 0 Å². The van der Waals surface area contributed by atoms with Crippen LogP contribution in [0.25, 0.3) is 0 Å². The van der Waals surface area contributed by atoms with E-state index in [9.17, 15) is 13.2 Å². The van der Waals surface area contributed by atoms with Gasteiger partial charge < -0.3 is 0 Å². The summed E-state index contributed by atoms with van der Waals surface area (Å²) in [5, 5.41) is 0. The second-order valence-corrected chi connectivity index (χ2v) is 7.53. The summed E-state index contributed by atoms with van der Waals surface area (Å²) in [4.78, 5) is 14.0. The van der Waals surface area contributed by atoms with E-state index in [1.54, 1.807) is 0 Å². The Kier molecular flexibility index (Phi) is 3.88. The number of Topliss-reactive ketones (excluding diaryl/α,β-unsaturated/α-hetero) is 1. The van der Waals surface area contributed by atoms with Gasteiger partial charge in [0, 0.05) is 12.5 Å². The van der Waals surface area contributed by atoms with Crippen molar-refractivity contribution in [2.45, 2.75) is 50.6 Å². The van der Waals surface area contributed by atoms with Gasteiger partial charge in [-0.15, -0.1) is 0 Å². The van der Waals surface area contributed by atoms with E-state index < -0.39 is 9.84 Å². The Morgan fingerprint density at radius 2 is 1.94 bits per heavy atom. The van der Waals surface area contributed by atoms with Crippen LogP contribution in [0.1, 0.15) is 38.5 Å². The van der Waals surface area contributed by atoms with Crippen molar-refractivity contribution in [3.63, 3.8) is 0 Å². The zero-order valence-corrected chi connectivity index (χ0v) is 11.2. The van der Waals surface area contributed by atoms with Crippen LogP contribution in [-0.2, 0) is 14.6 Å². The van der Waals surface area contributed by atoms with Gasteiger partial charge in [-0.2, -0.15) is 0 Å². The summed E-state index contributed by atoms with van der Waals surface area (Å²) in [6, 6.07) is 0.00264. The first-order valence-electron chi connectivity index (χ1n) is 6.45. The highest BCUT2D eigenvalue weighted by molar-refractivity contribution is 7.91. The Bertz CT molecular complexity index is 391. The van der Waals surface area contributed by atoms with E-state index in [2.05, 4.69) is 0 Å². The van der Waals surface area contributed by atoms with Gasteiger partial charge in [0.1, 0.15) is 5.78 Å². The number of carbonyl (C=O) groups excluding carboxylic acids is 1. The molecule has 1 aliphatic heterocycles. The Morgan fingerprint density at radius 3 is 2.59 bits per heavy atom. The molecule has 0 aromatic carbocycles. The highest BCUT2D eigenvalue weighted by Crippen LogP contribution is 2.24. The van der Waals surface area contributed by atoms with Crippen LogP contribution in [0.4, 0.5) is 0 Å². The van der Waals surface area contributed by atoms with Gasteiger partial charge in [-0.1, -0.05) is 12.8 Å². The third-order valence-electron chi connectivity index (χ3n) is 4.05. The molecule has 2 aliphatic rings. The molecule has 4 nitrogen and oxygen atoms in total. The van der Waals surface area contributed by atoms with Gasteiger partial charge in [0.05, 0.1) is 17.5 Å². The quantitative estimate of drug-likeness (QED) is 0.694. The van der Waals surface area contributed by atoms with E-state index >= 15 is 0 Å². The maximum Gasteiger partial charge on any atom is 0.151 e. The number of sulfone groups is 1. The molecule has 0 aromatic heterocycles. The van der Waals surface area contributed by atoms with Crippen LogP contribution in [0.5, 0.6) is 0 Å². The van der Waals surface area contributed by atoms with E-state index in [4.69, 9.17) is 0 Å². The number of carbonyl (C=O) groups is 1. The molecule has 0 bridgehead atoms. The van der Waals surface area contributed by atoms with E-state index in [1.807, 2.05) is 11.9 Å². The first kappa shape index (κ1) is 13.0. The van der Waals surface area contributed by atoms with Crippen LogP contribution in [0.15, 0.2) is 0 Å². The third-order valence-corrected chi connectivity index (χ3v) is 5.80. The number of hydrogen-bond acceptors (Lipinski definition) is 4. The first-order chi connectivity index (χ1) is 7.99. The number of ketones is 1. The Labute approximate surface area is 103 Å². The maximum absolute atomic E-state index is 12.0. The molecule has 5 heteroatoms. The van der Waals surface area contributed by atoms with E-state index in [0.717, 1.165) is 25.7 Å². The van der Waals surface area contributed by atoms with E-state index in [0.29, 0.717) is 18.6 Å². The SMILES string of the molecule is CN(C1CCS(=O)(=O)C1)C1CCCCCC1=O. The van der Waals surface area contributed by atoms with E-state index in [-0.39, 0.29) is 23.6 Å². The number of nitrogens with zero attached hydrogens (tertiary/aromatic N) is 1. The molecule has 2 rings (SSSR count). The summed E-state index contributed by atoms with van der Waals surface area (Å²) in [5.74, 6) is 0.810. The van der Waals surface area contributed by atoms with Crippen molar-refractivity contribution in [2.24, 2.45) is 0 Å². The van der Waals surface area contributed by atoms with Crippen molar-refractivity contribution in [2.75, 3.05) is 18.6 Å². The van der Waals surface area contributed by atoms with Crippen LogP contribution < -0.4 is 0 Å². The minimum Gasteiger partial charge on any atom is -0.298 e. The van der Waals surface area contributed by atoms with Crippen LogP contribution >= 0.6 is 0 Å². The molecule has 2 fully saturated rings. The lowest BCUT2D eigenvalue weighted by Gasteiger charge is -2.30. The van der Waals surface area contributed by atoms with Crippen molar-refractivity contribution in [3.8, 4) is 0 Å². The summed E-state index contributed by atoms with van der Waals surface area (Å²) in [6.45, 7) is 0. The molecule has 1 aliphatic carbocycles. The minimum absolute atomic E-state index is 0.0456. The zero-order valence-electron chi connectivity index (χ0n) is 10.4. The lowest BCUT2D eigenvalue weighted by Crippen LogP contribution is -2.44. The molecule has 0 amide bonds. The van der Waals surface area contributed by atoms with Gasteiger partial charge in [-0.3, -0.25) is 9.69 Å². The molecule has 17 heavy (non-hydrogen) atoms. The van der Waals surface area contributed by atoms with Crippen molar-refractivity contribution in [3.05, 3.63) is 0 Å². The molecule has 2 atom stereocenters. The molecule has 1 saturated carbocycles. The highest BCUT2D eigenvalue weighted by atomic mass is 32.2. The fraction of sp³-hybridized carbons (Fsp3) is 0.917. The summed E-state index contributed by atoms with van der Waals surface area (Å²) in [6.07, 6.45) is 5.44. The average Bonchev–Trinajstić information content (AvgIpc) is 2.49. The average molecular weight is 259 g/mol.